The quantitative estimate of drug-likeness (QED) is 0.837. The van der Waals surface area contributed by atoms with Crippen molar-refractivity contribution >= 4 is 28.9 Å². The molecule has 0 spiro atoms. The Morgan fingerprint density at radius 3 is 3.00 bits per heavy atom. The summed E-state index contributed by atoms with van der Waals surface area (Å²) >= 11 is 6.06. The molecule has 1 saturated heterocycles. The van der Waals surface area contributed by atoms with E-state index in [1.807, 2.05) is 6.92 Å². The molecule has 1 aromatic carbocycles. The number of carbonyl (C=O) groups is 1. The molecule has 1 aliphatic rings. The zero-order chi connectivity index (χ0) is 14.7. The normalized spacial score (nSPS) is 21.4. The van der Waals surface area contributed by atoms with Crippen LogP contribution < -0.4 is 11.1 Å². The second-order valence-electron chi connectivity index (χ2n) is 5.07. The summed E-state index contributed by atoms with van der Waals surface area (Å²) in [4.78, 5) is 14.4. The predicted molar refractivity (Wildman–Crippen MR) is 80.9 cm³/mol. The van der Waals surface area contributed by atoms with Crippen molar-refractivity contribution in [1.29, 1.82) is 0 Å². The van der Waals surface area contributed by atoms with E-state index in [9.17, 15) is 4.79 Å². The predicted octanol–water partition coefficient (Wildman–Crippen LogP) is 1.97. The molecule has 3 N–H and O–H groups in total. The van der Waals surface area contributed by atoms with Crippen molar-refractivity contribution < 1.29 is 9.53 Å². The Labute approximate surface area is 124 Å². The third kappa shape index (κ3) is 3.42. The molecule has 1 heterocycles. The molecular weight excluding hydrogens is 278 g/mol. The average molecular weight is 298 g/mol. The molecule has 2 rings (SSSR count). The minimum absolute atomic E-state index is 0.0783. The Morgan fingerprint density at radius 1 is 1.60 bits per heavy atom. The molecule has 0 radical (unpaired) electrons. The summed E-state index contributed by atoms with van der Waals surface area (Å²) in [6, 6.07) is 5.04. The van der Waals surface area contributed by atoms with Crippen LogP contribution >= 0.6 is 11.6 Å². The van der Waals surface area contributed by atoms with Gasteiger partial charge in [-0.1, -0.05) is 11.6 Å². The summed E-state index contributed by atoms with van der Waals surface area (Å²) in [6.07, 6.45) is 0. The summed E-state index contributed by atoms with van der Waals surface area (Å²) in [5.41, 5.74) is 6.79. The highest BCUT2D eigenvalue weighted by Crippen LogP contribution is 2.24. The van der Waals surface area contributed by atoms with Gasteiger partial charge in [0, 0.05) is 18.3 Å². The fourth-order valence-corrected chi connectivity index (χ4v) is 2.57. The Hall–Kier alpha value is -1.30. The smallest absolute Gasteiger partial charge is 0.241 e. The van der Waals surface area contributed by atoms with Crippen LogP contribution in [0.2, 0.25) is 5.02 Å². The number of nitrogens with one attached hydrogen (secondary N) is 1. The third-order valence-corrected chi connectivity index (χ3v) is 3.86. The van der Waals surface area contributed by atoms with Crippen LogP contribution in [0.1, 0.15) is 13.8 Å². The standard InChI is InChI=1S/C14H20ClN3O2/c1-9-8-20-6-5-18(9)10(2)14(19)17-13-4-3-11(16)7-12(13)15/h3-4,7,9-10H,5-6,8,16H2,1-2H3,(H,17,19). The molecule has 1 aromatic rings. The van der Waals surface area contributed by atoms with Crippen LogP contribution in [0.4, 0.5) is 11.4 Å². The number of halogens is 1. The van der Waals surface area contributed by atoms with E-state index in [-0.39, 0.29) is 18.0 Å². The Balaban J connectivity index is 2.03. The van der Waals surface area contributed by atoms with Crippen molar-refractivity contribution in [2.45, 2.75) is 25.9 Å². The SMILES string of the molecule is CC1COCCN1C(C)C(=O)Nc1ccc(N)cc1Cl. The molecule has 0 aliphatic carbocycles. The van der Waals surface area contributed by atoms with Crippen molar-refractivity contribution in [3.8, 4) is 0 Å². The topological polar surface area (TPSA) is 67.6 Å². The van der Waals surface area contributed by atoms with Gasteiger partial charge < -0.3 is 15.8 Å². The van der Waals surface area contributed by atoms with Gasteiger partial charge in [-0.05, 0) is 32.0 Å². The second kappa shape index (κ2) is 6.43. The van der Waals surface area contributed by atoms with Gasteiger partial charge in [0.2, 0.25) is 5.91 Å². The second-order valence-corrected chi connectivity index (χ2v) is 5.47. The van der Waals surface area contributed by atoms with Crippen molar-refractivity contribution in [2.75, 3.05) is 30.8 Å². The molecule has 110 valence electrons. The number of carbonyl (C=O) groups excluding carboxylic acids is 1. The number of hydrogen-bond acceptors (Lipinski definition) is 4. The van der Waals surface area contributed by atoms with Crippen molar-refractivity contribution in [1.82, 2.24) is 4.90 Å². The fraction of sp³-hybridized carbons (Fsp3) is 0.500. The van der Waals surface area contributed by atoms with Crippen LogP contribution in [0.25, 0.3) is 0 Å². The van der Waals surface area contributed by atoms with Crippen LogP contribution in [-0.4, -0.2) is 42.6 Å². The maximum Gasteiger partial charge on any atom is 0.241 e. The molecule has 1 fully saturated rings. The van der Waals surface area contributed by atoms with Crippen molar-refractivity contribution in [3.05, 3.63) is 23.2 Å². The van der Waals surface area contributed by atoms with Crippen LogP contribution in [0.3, 0.4) is 0 Å². The van der Waals surface area contributed by atoms with Gasteiger partial charge in [-0.25, -0.2) is 0 Å². The van der Waals surface area contributed by atoms with E-state index in [1.54, 1.807) is 18.2 Å². The van der Waals surface area contributed by atoms with Gasteiger partial charge >= 0.3 is 0 Å². The lowest BCUT2D eigenvalue weighted by Gasteiger charge is -2.37. The molecule has 0 bridgehead atoms. The van der Waals surface area contributed by atoms with E-state index in [0.29, 0.717) is 29.6 Å². The highest BCUT2D eigenvalue weighted by molar-refractivity contribution is 6.34. The number of morpholine rings is 1. The van der Waals surface area contributed by atoms with E-state index in [1.165, 1.54) is 0 Å². The molecule has 6 heteroatoms. The lowest BCUT2D eigenvalue weighted by atomic mass is 10.1. The number of nitrogen functional groups attached to an aromatic ring is 1. The summed E-state index contributed by atoms with van der Waals surface area (Å²) in [6.45, 7) is 6.01. The monoisotopic (exact) mass is 297 g/mol. The molecule has 5 nitrogen and oxygen atoms in total. The first-order valence-corrected chi connectivity index (χ1v) is 7.06. The highest BCUT2D eigenvalue weighted by atomic mass is 35.5. The van der Waals surface area contributed by atoms with Gasteiger partial charge in [0.1, 0.15) is 0 Å². The lowest BCUT2D eigenvalue weighted by molar-refractivity contribution is -0.124. The number of nitrogens with zero attached hydrogens (tertiary/aromatic N) is 1. The van der Waals surface area contributed by atoms with E-state index in [0.717, 1.165) is 6.54 Å². The Kier molecular flexibility index (Phi) is 4.86. The zero-order valence-electron chi connectivity index (χ0n) is 11.7. The van der Waals surface area contributed by atoms with Crippen LogP contribution in [-0.2, 0) is 9.53 Å². The summed E-state index contributed by atoms with van der Waals surface area (Å²) in [5, 5.41) is 3.29. The number of hydrogen-bond donors (Lipinski definition) is 2. The Bertz CT molecular complexity index is 495. The first kappa shape index (κ1) is 15.1. The maximum atomic E-state index is 12.3. The minimum Gasteiger partial charge on any atom is -0.399 e. The van der Waals surface area contributed by atoms with Gasteiger partial charge in [0.25, 0.3) is 0 Å². The summed E-state index contributed by atoms with van der Waals surface area (Å²) in [7, 11) is 0. The molecular formula is C14H20ClN3O2. The number of ether oxygens (including phenoxy) is 1. The highest BCUT2D eigenvalue weighted by Gasteiger charge is 2.28. The number of benzene rings is 1. The number of amides is 1. The Morgan fingerprint density at radius 2 is 2.35 bits per heavy atom. The molecule has 2 atom stereocenters. The number of anilines is 2. The number of nitrogens with two attached hydrogens (primary N) is 1. The zero-order valence-corrected chi connectivity index (χ0v) is 12.5. The van der Waals surface area contributed by atoms with Crippen molar-refractivity contribution in [3.63, 3.8) is 0 Å². The molecule has 20 heavy (non-hydrogen) atoms. The lowest BCUT2D eigenvalue weighted by Crippen LogP contribution is -2.52. The van der Waals surface area contributed by atoms with Crippen LogP contribution in [0.5, 0.6) is 0 Å². The molecule has 0 aromatic heterocycles. The van der Waals surface area contributed by atoms with Gasteiger partial charge in [0.15, 0.2) is 0 Å². The molecule has 2 unspecified atom stereocenters. The van der Waals surface area contributed by atoms with Crippen molar-refractivity contribution in [2.24, 2.45) is 0 Å². The first-order valence-electron chi connectivity index (χ1n) is 6.68. The van der Waals surface area contributed by atoms with Gasteiger partial charge in [0.05, 0.1) is 30.0 Å². The van der Waals surface area contributed by atoms with E-state index < -0.39 is 0 Å². The largest absolute Gasteiger partial charge is 0.399 e. The van der Waals surface area contributed by atoms with E-state index in [2.05, 4.69) is 17.1 Å². The van der Waals surface area contributed by atoms with E-state index in [4.69, 9.17) is 22.1 Å². The van der Waals surface area contributed by atoms with Gasteiger partial charge in [-0.15, -0.1) is 0 Å². The molecule has 0 saturated carbocycles. The summed E-state index contributed by atoms with van der Waals surface area (Å²) < 4.78 is 5.38. The summed E-state index contributed by atoms with van der Waals surface area (Å²) in [5.74, 6) is -0.0783. The van der Waals surface area contributed by atoms with Crippen LogP contribution in [0, 0.1) is 0 Å². The third-order valence-electron chi connectivity index (χ3n) is 3.55. The van der Waals surface area contributed by atoms with E-state index >= 15 is 0 Å². The maximum absolute atomic E-state index is 12.3. The van der Waals surface area contributed by atoms with Gasteiger partial charge in [-0.2, -0.15) is 0 Å². The average Bonchev–Trinajstić information content (AvgIpc) is 2.41. The number of rotatable bonds is 3. The molecule has 1 aliphatic heterocycles. The van der Waals surface area contributed by atoms with Crippen LogP contribution in [0.15, 0.2) is 18.2 Å². The first-order chi connectivity index (χ1) is 9.49. The minimum atomic E-state index is -0.234. The molecule has 1 amide bonds. The van der Waals surface area contributed by atoms with Gasteiger partial charge in [-0.3, -0.25) is 9.69 Å². The fourth-order valence-electron chi connectivity index (χ4n) is 2.34.